The van der Waals surface area contributed by atoms with Crippen molar-refractivity contribution >= 4 is 23.9 Å². The second-order valence-corrected chi connectivity index (χ2v) is 6.33. The number of rotatable bonds is 8. The topological polar surface area (TPSA) is 94.5 Å². The lowest BCUT2D eigenvalue weighted by atomic mass is 10.2. The van der Waals surface area contributed by atoms with Gasteiger partial charge in [-0.2, -0.15) is 5.10 Å². The van der Waals surface area contributed by atoms with Crippen LogP contribution in [0, 0.1) is 0 Å². The van der Waals surface area contributed by atoms with Gasteiger partial charge in [0.15, 0.2) is 16.7 Å². The molecule has 0 bridgehead atoms. The average molecular weight is 385 g/mol. The van der Waals surface area contributed by atoms with Crippen molar-refractivity contribution in [2.24, 2.45) is 5.10 Å². The molecule has 27 heavy (non-hydrogen) atoms. The molecular weight excluding hydrogens is 366 g/mol. The molecule has 0 aliphatic rings. The van der Waals surface area contributed by atoms with Crippen LogP contribution in [0.1, 0.15) is 12.5 Å². The molecule has 9 heteroatoms. The van der Waals surface area contributed by atoms with Gasteiger partial charge in [-0.25, -0.2) is 5.43 Å². The van der Waals surface area contributed by atoms with Crippen molar-refractivity contribution in [3.8, 4) is 17.3 Å². The number of hydrogen-bond donors (Lipinski definition) is 1. The van der Waals surface area contributed by atoms with Crippen LogP contribution in [0.25, 0.3) is 11.6 Å². The molecule has 0 fully saturated rings. The summed E-state index contributed by atoms with van der Waals surface area (Å²) in [6, 6.07) is 11.0. The number of furan rings is 1. The first-order chi connectivity index (χ1) is 13.2. The summed E-state index contributed by atoms with van der Waals surface area (Å²) in [6.45, 7) is 2.65. The van der Waals surface area contributed by atoms with E-state index >= 15 is 0 Å². The molecule has 0 spiro atoms. The van der Waals surface area contributed by atoms with Gasteiger partial charge in [0.25, 0.3) is 5.91 Å². The number of methoxy groups -OCH3 is 1. The third-order valence-electron chi connectivity index (χ3n) is 3.63. The first-order valence-corrected chi connectivity index (χ1v) is 9.25. The fraction of sp³-hybridized carbons (Fsp3) is 0.222. The number of ether oxygens (including phenoxy) is 1. The van der Waals surface area contributed by atoms with E-state index in [4.69, 9.17) is 9.15 Å². The molecule has 1 N–H and O–H groups in total. The zero-order valence-electron chi connectivity index (χ0n) is 15.0. The molecule has 2 heterocycles. The Balaban J connectivity index is 1.54. The van der Waals surface area contributed by atoms with E-state index in [2.05, 4.69) is 20.7 Å². The molecule has 3 rings (SSSR count). The normalized spacial score (nSPS) is 11.0. The van der Waals surface area contributed by atoms with Crippen LogP contribution in [0.3, 0.4) is 0 Å². The van der Waals surface area contributed by atoms with E-state index in [1.807, 2.05) is 41.8 Å². The molecule has 2 aromatic heterocycles. The Bertz CT molecular complexity index is 904. The van der Waals surface area contributed by atoms with Gasteiger partial charge in [0.05, 0.1) is 25.3 Å². The minimum absolute atomic E-state index is 0.177. The summed E-state index contributed by atoms with van der Waals surface area (Å²) < 4.78 is 12.4. The van der Waals surface area contributed by atoms with Gasteiger partial charge in [-0.1, -0.05) is 11.8 Å². The Labute approximate surface area is 160 Å². The van der Waals surface area contributed by atoms with Gasteiger partial charge >= 0.3 is 0 Å². The molecule has 0 aliphatic carbocycles. The van der Waals surface area contributed by atoms with Crippen LogP contribution in [0.15, 0.2) is 57.3 Å². The molecule has 0 unspecified atom stereocenters. The van der Waals surface area contributed by atoms with Gasteiger partial charge in [0.2, 0.25) is 0 Å². The number of thioether (sulfide) groups is 1. The van der Waals surface area contributed by atoms with Crippen molar-refractivity contribution in [1.82, 2.24) is 20.2 Å². The number of carbonyl (C=O) groups is 1. The van der Waals surface area contributed by atoms with Crippen molar-refractivity contribution in [2.45, 2.75) is 18.6 Å². The van der Waals surface area contributed by atoms with E-state index in [1.165, 1.54) is 11.8 Å². The number of nitrogens with zero attached hydrogens (tertiary/aromatic N) is 4. The Morgan fingerprint density at radius 1 is 1.33 bits per heavy atom. The second-order valence-electron chi connectivity index (χ2n) is 5.38. The molecule has 0 radical (unpaired) electrons. The Hall–Kier alpha value is -3.07. The van der Waals surface area contributed by atoms with Gasteiger partial charge in [-0.15, -0.1) is 10.2 Å². The summed E-state index contributed by atoms with van der Waals surface area (Å²) in [5.74, 6) is 2.00. The molecule has 1 amide bonds. The Kier molecular flexibility index (Phi) is 6.26. The van der Waals surface area contributed by atoms with Gasteiger partial charge in [-0.3, -0.25) is 9.36 Å². The number of aromatic nitrogens is 3. The molecule has 0 saturated carbocycles. The molecule has 1 aromatic carbocycles. The van der Waals surface area contributed by atoms with Crippen LogP contribution >= 0.6 is 11.8 Å². The minimum Gasteiger partial charge on any atom is -0.497 e. The fourth-order valence-corrected chi connectivity index (χ4v) is 3.09. The van der Waals surface area contributed by atoms with Crippen LogP contribution in [0.2, 0.25) is 0 Å². The maximum atomic E-state index is 12.0. The minimum atomic E-state index is -0.227. The predicted molar refractivity (Wildman–Crippen MR) is 103 cm³/mol. The molecule has 0 aliphatic heterocycles. The lowest BCUT2D eigenvalue weighted by Crippen LogP contribution is -2.20. The Morgan fingerprint density at radius 2 is 2.15 bits per heavy atom. The molecule has 0 atom stereocenters. The van der Waals surface area contributed by atoms with Crippen LogP contribution in [0.4, 0.5) is 0 Å². The van der Waals surface area contributed by atoms with E-state index in [9.17, 15) is 4.79 Å². The summed E-state index contributed by atoms with van der Waals surface area (Å²) >= 11 is 1.29. The lowest BCUT2D eigenvalue weighted by Gasteiger charge is -2.05. The smallest absolute Gasteiger partial charge is 0.250 e. The fourth-order valence-electron chi connectivity index (χ4n) is 2.30. The number of amides is 1. The lowest BCUT2D eigenvalue weighted by molar-refractivity contribution is -0.118. The quantitative estimate of drug-likeness (QED) is 0.364. The van der Waals surface area contributed by atoms with Crippen LogP contribution in [-0.4, -0.2) is 39.7 Å². The number of hydrogen-bond acceptors (Lipinski definition) is 7. The maximum absolute atomic E-state index is 12.0. The predicted octanol–water partition coefficient (Wildman–Crippen LogP) is 2.81. The van der Waals surface area contributed by atoms with Gasteiger partial charge < -0.3 is 9.15 Å². The molecular formula is C18H19N5O3S. The highest BCUT2D eigenvalue weighted by Crippen LogP contribution is 2.24. The van der Waals surface area contributed by atoms with E-state index in [-0.39, 0.29) is 11.7 Å². The zero-order chi connectivity index (χ0) is 19.1. The van der Waals surface area contributed by atoms with Crippen molar-refractivity contribution in [3.05, 3.63) is 48.2 Å². The van der Waals surface area contributed by atoms with Crippen LogP contribution in [0.5, 0.6) is 5.75 Å². The highest BCUT2D eigenvalue weighted by atomic mass is 32.2. The monoisotopic (exact) mass is 385 g/mol. The summed E-state index contributed by atoms with van der Waals surface area (Å²) in [5.41, 5.74) is 3.36. The molecule has 8 nitrogen and oxygen atoms in total. The number of benzene rings is 1. The summed E-state index contributed by atoms with van der Waals surface area (Å²) in [7, 11) is 1.61. The van der Waals surface area contributed by atoms with Crippen LogP contribution < -0.4 is 10.2 Å². The van der Waals surface area contributed by atoms with E-state index in [1.54, 1.807) is 25.7 Å². The van der Waals surface area contributed by atoms with E-state index in [0.717, 1.165) is 11.3 Å². The Morgan fingerprint density at radius 3 is 2.81 bits per heavy atom. The summed E-state index contributed by atoms with van der Waals surface area (Å²) in [5, 5.41) is 12.9. The third kappa shape index (κ3) is 4.76. The summed E-state index contributed by atoms with van der Waals surface area (Å²) in [4.78, 5) is 12.0. The average Bonchev–Trinajstić information content (AvgIpc) is 3.36. The van der Waals surface area contributed by atoms with Gasteiger partial charge in [0, 0.05) is 6.54 Å². The van der Waals surface area contributed by atoms with Crippen molar-refractivity contribution in [2.75, 3.05) is 12.9 Å². The SMILES string of the molecule is CCn1c(SCC(=O)N/N=C/c2ccc(OC)cc2)nnc1-c1ccco1. The molecule has 140 valence electrons. The summed E-state index contributed by atoms with van der Waals surface area (Å²) in [6.07, 6.45) is 3.16. The number of hydrazone groups is 1. The van der Waals surface area contributed by atoms with Crippen LogP contribution in [-0.2, 0) is 11.3 Å². The first kappa shape index (κ1) is 18.7. The zero-order valence-corrected chi connectivity index (χ0v) is 15.8. The van der Waals surface area contributed by atoms with Crippen molar-refractivity contribution < 1.29 is 13.9 Å². The van der Waals surface area contributed by atoms with E-state index in [0.29, 0.717) is 23.3 Å². The highest BCUT2D eigenvalue weighted by molar-refractivity contribution is 7.99. The number of nitrogens with one attached hydrogen (secondary N) is 1. The van der Waals surface area contributed by atoms with Gasteiger partial charge in [-0.05, 0) is 48.9 Å². The number of carbonyl (C=O) groups excluding carboxylic acids is 1. The van der Waals surface area contributed by atoms with E-state index < -0.39 is 0 Å². The van der Waals surface area contributed by atoms with Crippen molar-refractivity contribution in [3.63, 3.8) is 0 Å². The third-order valence-corrected chi connectivity index (χ3v) is 4.59. The highest BCUT2D eigenvalue weighted by Gasteiger charge is 2.16. The largest absolute Gasteiger partial charge is 0.497 e. The standard InChI is InChI=1S/C18H19N5O3S/c1-3-23-17(15-5-4-10-26-15)21-22-18(23)27-12-16(24)20-19-11-13-6-8-14(25-2)9-7-13/h4-11H,3,12H2,1-2H3,(H,20,24)/b19-11+. The van der Waals surface area contributed by atoms with Gasteiger partial charge in [0.1, 0.15) is 5.75 Å². The second kappa shape index (κ2) is 9.04. The van der Waals surface area contributed by atoms with Crippen molar-refractivity contribution in [1.29, 1.82) is 0 Å². The maximum Gasteiger partial charge on any atom is 0.250 e. The first-order valence-electron chi connectivity index (χ1n) is 8.27. The molecule has 0 saturated heterocycles. The molecule has 3 aromatic rings.